The highest BCUT2D eigenvalue weighted by molar-refractivity contribution is 5.96. The van der Waals surface area contributed by atoms with Crippen LogP contribution < -0.4 is 5.32 Å². The van der Waals surface area contributed by atoms with Crippen molar-refractivity contribution in [1.29, 1.82) is 0 Å². The molecular formula is C21H23N3O4. The zero-order valence-corrected chi connectivity index (χ0v) is 15.7. The smallest absolute Gasteiger partial charge is 0.293 e. The van der Waals surface area contributed by atoms with Crippen molar-refractivity contribution >= 4 is 17.3 Å². The lowest BCUT2D eigenvalue weighted by Crippen LogP contribution is -2.46. The molecule has 2 aromatic carbocycles. The van der Waals surface area contributed by atoms with Crippen LogP contribution in [0.5, 0.6) is 0 Å². The van der Waals surface area contributed by atoms with Gasteiger partial charge in [0.2, 0.25) is 0 Å². The molecule has 0 radical (unpaired) electrons. The Balaban J connectivity index is 1.56. The molecule has 4 rings (SSSR count). The summed E-state index contributed by atoms with van der Waals surface area (Å²) < 4.78 is 6.01. The summed E-state index contributed by atoms with van der Waals surface area (Å²) in [6, 6.07) is 14.8. The van der Waals surface area contributed by atoms with Crippen LogP contribution in [0.15, 0.2) is 48.5 Å². The fraction of sp³-hybridized carbons (Fsp3) is 0.381. The van der Waals surface area contributed by atoms with Gasteiger partial charge in [-0.05, 0) is 37.5 Å². The van der Waals surface area contributed by atoms with Crippen molar-refractivity contribution in [2.75, 3.05) is 18.4 Å². The molecule has 1 N–H and O–H groups in total. The van der Waals surface area contributed by atoms with Crippen LogP contribution in [0.1, 0.15) is 41.8 Å². The van der Waals surface area contributed by atoms with E-state index in [-0.39, 0.29) is 23.8 Å². The average molecular weight is 381 g/mol. The van der Waals surface area contributed by atoms with Crippen molar-refractivity contribution in [3.05, 3.63) is 69.8 Å². The minimum absolute atomic E-state index is 0.0568. The third kappa shape index (κ3) is 3.99. The summed E-state index contributed by atoms with van der Waals surface area (Å²) in [7, 11) is 0. The molecule has 28 heavy (non-hydrogen) atoms. The fourth-order valence-electron chi connectivity index (χ4n) is 3.54. The van der Waals surface area contributed by atoms with Crippen molar-refractivity contribution in [2.45, 2.75) is 38.0 Å². The first-order valence-electron chi connectivity index (χ1n) is 9.56. The van der Waals surface area contributed by atoms with Gasteiger partial charge in [-0.1, -0.05) is 30.3 Å². The fourth-order valence-corrected chi connectivity index (χ4v) is 3.54. The molecule has 1 aliphatic carbocycles. The van der Waals surface area contributed by atoms with Crippen LogP contribution in [0.25, 0.3) is 0 Å². The monoisotopic (exact) mass is 381 g/mol. The second-order valence-corrected chi connectivity index (χ2v) is 7.46. The molecule has 0 bridgehead atoms. The van der Waals surface area contributed by atoms with Gasteiger partial charge in [0.25, 0.3) is 11.6 Å². The van der Waals surface area contributed by atoms with Crippen molar-refractivity contribution < 1.29 is 14.5 Å². The third-order valence-electron chi connectivity index (χ3n) is 5.10. The first-order chi connectivity index (χ1) is 13.5. The van der Waals surface area contributed by atoms with E-state index in [1.54, 1.807) is 17.0 Å². The first kappa shape index (κ1) is 18.4. The zero-order chi connectivity index (χ0) is 19.7. The molecule has 2 atom stereocenters. The maximum Gasteiger partial charge on any atom is 0.293 e. The molecule has 0 spiro atoms. The predicted octanol–water partition coefficient (Wildman–Crippen LogP) is 3.77. The molecule has 1 saturated carbocycles. The Morgan fingerprint density at radius 3 is 2.61 bits per heavy atom. The molecule has 2 fully saturated rings. The number of nitro benzene ring substituents is 1. The Hall–Kier alpha value is -2.93. The molecule has 1 amide bonds. The number of nitro groups is 1. The SMILES string of the molecule is CC1CN(C(=O)c2ccc(NC3CC3)c([N+](=O)[O-])c2)CC(c2ccccc2)O1. The number of rotatable bonds is 5. The lowest BCUT2D eigenvalue weighted by atomic mass is 10.1. The Kier molecular flexibility index (Phi) is 5.00. The number of benzene rings is 2. The summed E-state index contributed by atoms with van der Waals surface area (Å²) in [5.74, 6) is -0.211. The summed E-state index contributed by atoms with van der Waals surface area (Å²) in [6.07, 6.45) is 1.71. The second kappa shape index (κ2) is 7.59. The number of morpholine rings is 1. The highest BCUT2D eigenvalue weighted by atomic mass is 16.6. The van der Waals surface area contributed by atoms with Gasteiger partial charge in [0.1, 0.15) is 11.8 Å². The number of nitrogens with zero attached hydrogens (tertiary/aromatic N) is 2. The molecule has 2 unspecified atom stereocenters. The summed E-state index contributed by atoms with van der Waals surface area (Å²) in [6.45, 7) is 2.81. The normalized spacial score (nSPS) is 22.0. The molecule has 2 aliphatic rings. The van der Waals surface area contributed by atoms with E-state index < -0.39 is 4.92 Å². The van der Waals surface area contributed by atoms with Gasteiger partial charge in [-0.2, -0.15) is 0 Å². The van der Waals surface area contributed by atoms with Gasteiger partial charge in [-0.15, -0.1) is 0 Å². The standard InChI is InChI=1S/C21H23N3O4/c1-14-12-23(13-20(28-14)15-5-3-2-4-6-15)21(25)16-7-10-18(22-17-8-9-17)19(11-16)24(26)27/h2-7,10-11,14,17,20,22H,8-9,12-13H2,1H3. The molecule has 146 valence electrons. The van der Waals surface area contributed by atoms with E-state index in [2.05, 4.69) is 5.32 Å². The number of nitrogens with one attached hydrogen (secondary N) is 1. The van der Waals surface area contributed by atoms with Gasteiger partial charge in [-0.25, -0.2) is 0 Å². The number of amides is 1. The Morgan fingerprint density at radius 2 is 1.93 bits per heavy atom. The average Bonchev–Trinajstić information content (AvgIpc) is 3.52. The largest absolute Gasteiger partial charge is 0.377 e. The maximum atomic E-state index is 13.1. The van der Waals surface area contributed by atoms with E-state index in [9.17, 15) is 14.9 Å². The number of carbonyl (C=O) groups is 1. The van der Waals surface area contributed by atoms with E-state index in [4.69, 9.17) is 4.74 Å². The van der Waals surface area contributed by atoms with Gasteiger partial charge in [0.15, 0.2) is 0 Å². The molecule has 1 aliphatic heterocycles. The van der Waals surface area contributed by atoms with E-state index in [0.29, 0.717) is 30.4 Å². The molecule has 2 aromatic rings. The Bertz CT molecular complexity index is 882. The molecule has 7 nitrogen and oxygen atoms in total. The summed E-state index contributed by atoms with van der Waals surface area (Å²) in [5.41, 5.74) is 1.76. The lowest BCUT2D eigenvalue weighted by molar-refractivity contribution is -0.384. The number of carbonyl (C=O) groups excluding carboxylic acids is 1. The predicted molar refractivity (Wildman–Crippen MR) is 105 cm³/mol. The lowest BCUT2D eigenvalue weighted by Gasteiger charge is -2.37. The minimum Gasteiger partial charge on any atom is -0.377 e. The van der Waals surface area contributed by atoms with Crippen molar-refractivity contribution in [3.63, 3.8) is 0 Å². The second-order valence-electron chi connectivity index (χ2n) is 7.46. The van der Waals surface area contributed by atoms with Gasteiger partial charge in [-0.3, -0.25) is 14.9 Å². The van der Waals surface area contributed by atoms with E-state index >= 15 is 0 Å². The summed E-state index contributed by atoms with van der Waals surface area (Å²) >= 11 is 0. The van der Waals surface area contributed by atoms with Crippen molar-refractivity contribution in [1.82, 2.24) is 4.90 Å². The van der Waals surface area contributed by atoms with Gasteiger partial charge in [0.05, 0.1) is 17.6 Å². The van der Waals surface area contributed by atoms with Crippen LogP contribution in [0.3, 0.4) is 0 Å². The molecular weight excluding hydrogens is 358 g/mol. The quantitative estimate of drug-likeness (QED) is 0.629. The molecule has 0 aromatic heterocycles. The molecule has 1 saturated heterocycles. The minimum atomic E-state index is -0.434. The number of ether oxygens (including phenoxy) is 1. The number of hydrogen-bond acceptors (Lipinski definition) is 5. The van der Waals surface area contributed by atoms with Crippen LogP contribution in [-0.4, -0.2) is 41.0 Å². The Labute approximate surface area is 163 Å². The van der Waals surface area contributed by atoms with Crippen LogP contribution in [-0.2, 0) is 4.74 Å². The Morgan fingerprint density at radius 1 is 1.18 bits per heavy atom. The van der Waals surface area contributed by atoms with Crippen molar-refractivity contribution in [2.24, 2.45) is 0 Å². The molecule has 7 heteroatoms. The first-order valence-corrected chi connectivity index (χ1v) is 9.56. The zero-order valence-electron chi connectivity index (χ0n) is 15.7. The highest BCUT2D eigenvalue weighted by Crippen LogP contribution is 2.32. The van der Waals surface area contributed by atoms with Gasteiger partial charge in [0, 0.05) is 24.2 Å². The van der Waals surface area contributed by atoms with Crippen molar-refractivity contribution in [3.8, 4) is 0 Å². The topological polar surface area (TPSA) is 84.7 Å². The van der Waals surface area contributed by atoms with E-state index in [1.165, 1.54) is 6.07 Å². The maximum absolute atomic E-state index is 13.1. The van der Waals surface area contributed by atoms with Crippen LogP contribution in [0.4, 0.5) is 11.4 Å². The van der Waals surface area contributed by atoms with Gasteiger partial charge >= 0.3 is 0 Å². The third-order valence-corrected chi connectivity index (χ3v) is 5.10. The number of hydrogen-bond donors (Lipinski definition) is 1. The van der Waals surface area contributed by atoms with Crippen LogP contribution in [0.2, 0.25) is 0 Å². The van der Waals surface area contributed by atoms with Gasteiger partial charge < -0.3 is 15.0 Å². The highest BCUT2D eigenvalue weighted by Gasteiger charge is 2.31. The van der Waals surface area contributed by atoms with Crippen LogP contribution >= 0.6 is 0 Å². The van der Waals surface area contributed by atoms with E-state index in [0.717, 1.165) is 18.4 Å². The summed E-state index contributed by atoms with van der Waals surface area (Å²) in [4.78, 5) is 25.8. The van der Waals surface area contributed by atoms with E-state index in [1.807, 2.05) is 37.3 Å². The van der Waals surface area contributed by atoms with Crippen LogP contribution in [0, 0.1) is 10.1 Å². The number of anilines is 1. The molecule has 1 heterocycles. The summed E-state index contributed by atoms with van der Waals surface area (Å²) in [5, 5.41) is 14.6.